The molecule has 0 unspecified atom stereocenters. The Balaban J connectivity index is 2.36. The summed E-state index contributed by atoms with van der Waals surface area (Å²) in [6.07, 6.45) is 1.64. The van der Waals surface area contributed by atoms with Crippen molar-refractivity contribution in [2.75, 3.05) is 0 Å². The molecular weight excluding hydrogens is 266 g/mol. The maximum Gasteiger partial charge on any atom is 0.261 e. The molecule has 0 fully saturated rings. The molecule has 0 saturated heterocycles. The van der Waals surface area contributed by atoms with Gasteiger partial charge in [-0.3, -0.25) is 4.79 Å². The molecule has 1 heterocycles. The Morgan fingerprint density at radius 3 is 2.63 bits per heavy atom. The van der Waals surface area contributed by atoms with Crippen LogP contribution in [0, 0.1) is 0 Å². The lowest BCUT2D eigenvalue weighted by molar-refractivity contribution is 0.318. The largest absolute Gasteiger partial charge is 0.409 e. The Morgan fingerprint density at radius 1 is 1.32 bits per heavy atom. The van der Waals surface area contributed by atoms with Crippen molar-refractivity contribution in [2.24, 2.45) is 10.9 Å². The zero-order valence-electron chi connectivity index (χ0n) is 9.95. The number of amidine groups is 1. The fourth-order valence-electron chi connectivity index (χ4n) is 1.70. The van der Waals surface area contributed by atoms with Crippen molar-refractivity contribution in [3.8, 4) is 0 Å². The van der Waals surface area contributed by atoms with Gasteiger partial charge in [-0.1, -0.05) is 28.9 Å². The molecule has 5 nitrogen and oxygen atoms in total. The maximum atomic E-state index is 12.1. The molecule has 2 rings (SSSR count). The van der Waals surface area contributed by atoms with Gasteiger partial charge in [0.1, 0.15) is 0 Å². The average molecular weight is 278 g/mol. The molecule has 0 spiro atoms. The van der Waals surface area contributed by atoms with Crippen LogP contribution in [0.15, 0.2) is 52.5 Å². The van der Waals surface area contributed by atoms with Gasteiger partial charge in [0.05, 0.1) is 12.1 Å². The predicted octanol–water partition coefficient (Wildman–Crippen LogP) is 1.64. The van der Waals surface area contributed by atoms with E-state index in [0.29, 0.717) is 11.6 Å². The Kier molecular flexibility index (Phi) is 3.87. The SMILES string of the molecule is N/C(=N/O)c1cccn(Cc2ccc(Cl)cc2)c1=O. The van der Waals surface area contributed by atoms with Gasteiger partial charge in [0.15, 0.2) is 5.84 Å². The number of oxime groups is 1. The van der Waals surface area contributed by atoms with Crippen LogP contribution in [0.2, 0.25) is 5.02 Å². The van der Waals surface area contributed by atoms with Gasteiger partial charge < -0.3 is 15.5 Å². The molecule has 6 heteroatoms. The number of benzene rings is 1. The summed E-state index contributed by atoms with van der Waals surface area (Å²) in [6, 6.07) is 10.4. The summed E-state index contributed by atoms with van der Waals surface area (Å²) in [6.45, 7) is 0.391. The average Bonchev–Trinajstić information content (AvgIpc) is 2.43. The van der Waals surface area contributed by atoms with Gasteiger partial charge >= 0.3 is 0 Å². The molecule has 3 N–H and O–H groups in total. The van der Waals surface area contributed by atoms with Crippen LogP contribution in [0.4, 0.5) is 0 Å². The molecule has 0 aliphatic carbocycles. The number of nitrogens with zero attached hydrogens (tertiary/aromatic N) is 2. The van der Waals surface area contributed by atoms with Crippen LogP contribution in [-0.4, -0.2) is 15.6 Å². The van der Waals surface area contributed by atoms with Gasteiger partial charge in [-0.15, -0.1) is 0 Å². The van der Waals surface area contributed by atoms with E-state index in [2.05, 4.69) is 5.16 Å². The van der Waals surface area contributed by atoms with Gasteiger partial charge in [-0.2, -0.15) is 0 Å². The monoisotopic (exact) mass is 277 g/mol. The predicted molar refractivity (Wildman–Crippen MR) is 73.8 cm³/mol. The maximum absolute atomic E-state index is 12.1. The fourth-order valence-corrected chi connectivity index (χ4v) is 1.82. The summed E-state index contributed by atoms with van der Waals surface area (Å²) in [5, 5.41) is 12.1. The first-order valence-electron chi connectivity index (χ1n) is 5.53. The Bertz CT molecular complexity index is 662. The van der Waals surface area contributed by atoms with E-state index in [1.807, 2.05) is 12.1 Å². The van der Waals surface area contributed by atoms with Crippen molar-refractivity contribution in [3.05, 3.63) is 69.1 Å². The van der Waals surface area contributed by atoms with Crippen molar-refractivity contribution in [2.45, 2.75) is 6.54 Å². The summed E-state index contributed by atoms with van der Waals surface area (Å²) >= 11 is 5.80. The van der Waals surface area contributed by atoms with E-state index >= 15 is 0 Å². The topological polar surface area (TPSA) is 80.6 Å². The third-order valence-corrected chi connectivity index (χ3v) is 2.92. The highest BCUT2D eigenvalue weighted by Crippen LogP contribution is 2.10. The van der Waals surface area contributed by atoms with Crippen LogP contribution >= 0.6 is 11.6 Å². The fraction of sp³-hybridized carbons (Fsp3) is 0.0769. The lowest BCUT2D eigenvalue weighted by Gasteiger charge is -2.07. The second-order valence-electron chi connectivity index (χ2n) is 3.97. The second kappa shape index (κ2) is 5.58. The highest BCUT2D eigenvalue weighted by atomic mass is 35.5. The Morgan fingerprint density at radius 2 is 2.00 bits per heavy atom. The number of hydrogen-bond donors (Lipinski definition) is 2. The zero-order valence-corrected chi connectivity index (χ0v) is 10.7. The number of rotatable bonds is 3. The molecule has 0 bridgehead atoms. The van der Waals surface area contributed by atoms with Crippen molar-refractivity contribution < 1.29 is 5.21 Å². The highest BCUT2D eigenvalue weighted by molar-refractivity contribution is 6.30. The minimum Gasteiger partial charge on any atom is -0.409 e. The van der Waals surface area contributed by atoms with Crippen LogP contribution < -0.4 is 11.3 Å². The summed E-state index contributed by atoms with van der Waals surface area (Å²) < 4.78 is 1.48. The molecule has 0 aliphatic rings. The zero-order chi connectivity index (χ0) is 13.8. The van der Waals surface area contributed by atoms with Crippen LogP contribution in [0.25, 0.3) is 0 Å². The highest BCUT2D eigenvalue weighted by Gasteiger charge is 2.07. The van der Waals surface area contributed by atoms with Crippen molar-refractivity contribution in [1.29, 1.82) is 0 Å². The van der Waals surface area contributed by atoms with Crippen LogP contribution in [-0.2, 0) is 6.54 Å². The first-order valence-corrected chi connectivity index (χ1v) is 5.91. The number of nitrogens with two attached hydrogens (primary N) is 1. The third-order valence-electron chi connectivity index (χ3n) is 2.67. The first kappa shape index (κ1) is 13.2. The Hall–Kier alpha value is -2.27. The van der Waals surface area contributed by atoms with E-state index in [9.17, 15) is 4.79 Å². The van der Waals surface area contributed by atoms with E-state index in [1.54, 1.807) is 24.4 Å². The van der Waals surface area contributed by atoms with Crippen LogP contribution in [0.3, 0.4) is 0 Å². The molecular formula is C13H12ClN3O2. The molecule has 0 aliphatic heterocycles. The van der Waals surface area contributed by atoms with Crippen LogP contribution in [0.5, 0.6) is 0 Å². The number of hydrogen-bond acceptors (Lipinski definition) is 3. The minimum absolute atomic E-state index is 0.166. The summed E-state index contributed by atoms with van der Waals surface area (Å²) in [4.78, 5) is 12.1. The molecule has 0 saturated carbocycles. The van der Waals surface area contributed by atoms with Gasteiger partial charge in [0.25, 0.3) is 5.56 Å². The molecule has 1 aromatic carbocycles. The molecule has 0 amide bonds. The molecule has 0 atom stereocenters. The minimum atomic E-state index is -0.312. The summed E-state index contributed by atoms with van der Waals surface area (Å²) in [5.74, 6) is -0.199. The van der Waals surface area contributed by atoms with Gasteiger partial charge in [0, 0.05) is 11.2 Å². The second-order valence-corrected chi connectivity index (χ2v) is 4.40. The van der Waals surface area contributed by atoms with Gasteiger partial charge in [-0.05, 0) is 29.8 Å². The van der Waals surface area contributed by atoms with E-state index in [4.69, 9.17) is 22.5 Å². The lowest BCUT2D eigenvalue weighted by Crippen LogP contribution is -2.29. The number of aromatic nitrogens is 1. The Labute approximate surface area is 114 Å². The van der Waals surface area contributed by atoms with Gasteiger partial charge in [0.2, 0.25) is 0 Å². The lowest BCUT2D eigenvalue weighted by atomic mass is 10.2. The molecule has 19 heavy (non-hydrogen) atoms. The third kappa shape index (κ3) is 2.95. The van der Waals surface area contributed by atoms with E-state index < -0.39 is 0 Å². The number of halogens is 1. The van der Waals surface area contributed by atoms with Crippen molar-refractivity contribution in [1.82, 2.24) is 4.57 Å². The van der Waals surface area contributed by atoms with Crippen LogP contribution in [0.1, 0.15) is 11.1 Å². The van der Waals surface area contributed by atoms with Crippen molar-refractivity contribution >= 4 is 17.4 Å². The molecule has 1 aromatic heterocycles. The van der Waals surface area contributed by atoms with Gasteiger partial charge in [-0.25, -0.2) is 0 Å². The molecule has 0 radical (unpaired) electrons. The van der Waals surface area contributed by atoms with E-state index in [-0.39, 0.29) is 17.0 Å². The normalized spacial score (nSPS) is 11.5. The standard InChI is InChI=1S/C13H12ClN3O2/c14-10-5-3-9(4-6-10)8-17-7-1-2-11(13(17)18)12(15)16-19/h1-7,19H,8H2,(H2,15,16). The van der Waals surface area contributed by atoms with Crippen molar-refractivity contribution in [3.63, 3.8) is 0 Å². The molecule has 2 aromatic rings. The smallest absolute Gasteiger partial charge is 0.261 e. The summed E-state index contributed by atoms with van der Waals surface area (Å²) in [5.41, 5.74) is 6.23. The quantitative estimate of drug-likeness (QED) is 0.387. The number of pyridine rings is 1. The van der Waals surface area contributed by atoms with E-state index in [0.717, 1.165) is 5.56 Å². The van der Waals surface area contributed by atoms with E-state index in [1.165, 1.54) is 10.6 Å². The molecule has 98 valence electrons. The first-order chi connectivity index (χ1) is 9.11. The summed E-state index contributed by atoms with van der Waals surface area (Å²) in [7, 11) is 0.